The molecule has 0 saturated heterocycles. The minimum atomic E-state index is 0.462. The van der Waals surface area contributed by atoms with Crippen LogP contribution in [0.5, 0.6) is 0 Å². The van der Waals surface area contributed by atoms with Crippen molar-refractivity contribution in [2.75, 3.05) is 11.9 Å². The number of rotatable bonds is 7. The summed E-state index contributed by atoms with van der Waals surface area (Å²) in [7, 11) is 0. The number of hydrogen-bond donors (Lipinski definition) is 1. The smallest absolute Gasteiger partial charge is 0.299 e. The van der Waals surface area contributed by atoms with E-state index in [0.29, 0.717) is 25.0 Å². The zero-order valence-corrected chi connectivity index (χ0v) is 16.8. The molecule has 0 aliphatic rings. The van der Waals surface area contributed by atoms with Gasteiger partial charge in [-0.2, -0.15) is 5.10 Å². The lowest BCUT2D eigenvalue weighted by Gasteiger charge is -2.09. The first kappa shape index (κ1) is 19.0. The molecule has 0 spiro atoms. The molecule has 0 saturated carbocycles. The number of nitrogens with zero attached hydrogens (tertiary/aromatic N) is 3. The van der Waals surface area contributed by atoms with Crippen molar-refractivity contribution < 1.29 is 9.15 Å². The van der Waals surface area contributed by atoms with Crippen LogP contribution in [0.2, 0.25) is 0 Å². The average Bonchev–Trinajstić information content (AvgIpc) is 3.38. The summed E-state index contributed by atoms with van der Waals surface area (Å²) in [6.07, 6.45) is 5.57. The van der Waals surface area contributed by atoms with Crippen LogP contribution in [-0.2, 0) is 11.3 Å². The molecule has 0 radical (unpaired) electrons. The van der Waals surface area contributed by atoms with E-state index in [0.717, 1.165) is 33.6 Å². The number of aryl methyl sites for hydroxylation is 2. The van der Waals surface area contributed by atoms with Crippen LogP contribution in [0, 0.1) is 13.8 Å². The van der Waals surface area contributed by atoms with Crippen LogP contribution in [0.15, 0.2) is 65.5 Å². The van der Waals surface area contributed by atoms with E-state index in [-0.39, 0.29) is 0 Å². The highest BCUT2D eigenvalue weighted by atomic mass is 16.5. The molecular formula is C23H24N4O2. The Morgan fingerprint density at radius 1 is 1.07 bits per heavy atom. The Bertz CT molecular complexity index is 1100. The molecule has 6 nitrogen and oxygen atoms in total. The third kappa shape index (κ3) is 4.38. The first-order valence-corrected chi connectivity index (χ1v) is 9.64. The van der Waals surface area contributed by atoms with Crippen molar-refractivity contribution in [2.24, 2.45) is 0 Å². The Kier molecular flexibility index (Phi) is 5.44. The lowest BCUT2D eigenvalue weighted by Crippen LogP contribution is -1.97. The first-order chi connectivity index (χ1) is 14.1. The summed E-state index contributed by atoms with van der Waals surface area (Å²) in [6.45, 7) is 7.34. The fourth-order valence-electron chi connectivity index (χ4n) is 3.03. The summed E-state index contributed by atoms with van der Waals surface area (Å²) >= 11 is 0. The minimum Gasteiger partial charge on any atom is -0.423 e. The second-order valence-corrected chi connectivity index (χ2v) is 6.95. The van der Waals surface area contributed by atoms with Crippen molar-refractivity contribution in [3.8, 4) is 17.0 Å². The Labute approximate surface area is 170 Å². The molecule has 148 valence electrons. The van der Waals surface area contributed by atoms with Crippen LogP contribution in [0.1, 0.15) is 23.6 Å². The van der Waals surface area contributed by atoms with Crippen LogP contribution in [0.4, 0.5) is 11.7 Å². The molecule has 0 unspecified atom stereocenters. The van der Waals surface area contributed by atoms with Crippen LogP contribution in [-0.4, -0.2) is 21.4 Å². The number of aromatic nitrogens is 3. The van der Waals surface area contributed by atoms with Gasteiger partial charge in [0, 0.05) is 24.1 Å². The standard InChI is InChI=1S/C23H24N4O2/c1-4-28-15-18-6-5-17(3)21(11-18)26-23-24-13-22(29-23)19-7-9-20(10-8-19)27-14-16(2)12-25-27/h5-14H,4,15H2,1-3H3,(H,24,26). The van der Waals surface area contributed by atoms with Gasteiger partial charge >= 0.3 is 0 Å². The Hall–Kier alpha value is -3.38. The number of oxazole rings is 1. The molecule has 6 heteroatoms. The van der Waals surface area contributed by atoms with Gasteiger partial charge in [-0.05, 0) is 67.8 Å². The highest BCUT2D eigenvalue weighted by Crippen LogP contribution is 2.27. The maximum absolute atomic E-state index is 5.92. The molecule has 2 aromatic carbocycles. The number of benzene rings is 2. The summed E-state index contributed by atoms with van der Waals surface area (Å²) in [5.74, 6) is 0.707. The maximum Gasteiger partial charge on any atom is 0.299 e. The maximum atomic E-state index is 5.92. The molecule has 4 rings (SSSR count). The van der Waals surface area contributed by atoms with Crippen molar-refractivity contribution in [3.63, 3.8) is 0 Å². The van der Waals surface area contributed by atoms with Crippen molar-refractivity contribution in [1.82, 2.24) is 14.8 Å². The topological polar surface area (TPSA) is 65.1 Å². The zero-order chi connectivity index (χ0) is 20.2. The van der Waals surface area contributed by atoms with E-state index in [1.54, 1.807) is 6.20 Å². The molecule has 0 fully saturated rings. The normalized spacial score (nSPS) is 11.0. The lowest BCUT2D eigenvalue weighted by molar-refractivity contribution is 0.134. The van der Waals surface area contributed by atoms with Gasteiger partial charge in [-0.1, -0.05) is 12.1 Å². The molecular weight excluding hydrogens is 364 g/mol. The van der Waals surface area contributed by atoms with E-state index in [4.69, 9.17) is 9.15 Å². The van der Waals surface area contributed by atoms with Gasteiger partial charge in [-0.25, -0.2) is 9.67 Å². The van der Waals surface area contributed by atoms with Gasteiger partial charge in [-0.15, -0.1) is 0 Å². The Balaban J connectivity index is 1.50. The third-order valence-corrected chi connectivity index (χ3v) is 4.65. The summed E-state index contributed by atoms with van der Waals surface area (Å²) in [5.41, 5.74) is 6.27. The highest BCUT2D eigenvalue weighted by Gasteiger charge is 2.09. The largest absolute Gasteiger partial charge is 0.423 e. The van der Waals surface area contributed by atoms with E-state index >= 15 is 0 Å². The molecule has 0 aliphatic heterocycles. The quantitative estimate of drug-likeness (QED) is 0.458. The van der Waals surface area contributed by atoms with Gasteiger partial charge in [-0.3, -0.25) is 0 Å². The van der Waals surface area contributed by atoms with Crippen LogP contribution in [0.3, 0.4) is 0 Å². The van der Waals surface area contributed by atoms with Gasteiger partial charge in [0.1, 0.15) is 0 Å². The van der Waals surface area contributed by atoms with E-state index in [2.05, 4.69) is 33.6 Å². The van der Waals surface area contributed by atoms with Gasteiger partial charge in [0.25, 0.3) is 6.01 Å². The highest BCUT2D eigenvalue weighted by molar-refractivity contribution is 5.63. The predicted octanol–water partition coefficient (Wildman–Crippen LogP) is 5.42. The van der Waals surface area contributed by atoms with Crippen molar-refractivity contribution >= 4 is 11.7 Å². The van der Waals surface area contributed by atoms with Crippen LogP contribution < -0.4 is 5.32 Å². The second kappa shape index (κ2) is 8.32. The summed E-state index contributed by atoms with van der Waals surface area (Å²) in [5, 5.41) is 7.61. The van der Waals surface area contributed by atoms with Gasteiger partial charge in [0.05, 0.1) is 24.7 Å². The first-order valence-electron chi connectivity index (χ1n) is 9.64. The molecule has 0 bridgehead atoms. The zero-order valence-electron chi connectivity index (χ0n) is 16.8. The second-order valence-electron chi connectivity index (χ2n) is 6.95. The number of nitrogens with one attached hydrogen (secondary N) is 1. The monoisotopic (exact) mass is 388 g/mol. The fraction of sp³-hybridized carbons (Fsp3) is 0.217. The van der Waals surface area contributed by atoms with Crippen molar-refractivity contribution in [3.05, 3.63) is 77.7 Å². The molecule has 2 aromatic heterocycles. The molecule has 0 atom stereocenters. The summed E-state index contributed by atoms with van der Waals surface area (Å²) in [4.78, 5) is 4.38. The Morgan fingerprint density at radius 2 is 1.90 bits per heavy atom. The molecule has 4 aromatic rings. The van der Waals surface area contributed by atoms with Gasteiger partial charge in [0.15, 0.2) is 5.76 Å². The number of ether oxygens (including phenoxy) is 1. The fourth-order valence-corrected chi connectivity index (χ4v) is 3.03. The average molecular weight is 388 g/mol. The summed E-state index contributed by atoms with van der Waals surface area (Å²) in [6, 6.07) is 14.7. The van der Waals surface area contributed by atoms with Crippen molar-refractivity contribution in [1.29, 1.82) is 0 Å². The van der Waals surface area contributed by atoms with Crippen molar-refractivity contribution in [2.45, 2.75) is 27.4 Å². The third-order valence-electron chi connectivity index (χ3n) is 4.65. The van der Waals surface area contributed by atoms with Gasteiger partial charge < -0.3 is 14.5 Å². The van der Waals surface area contributed by atoms with E-state index in [1.807, 2.05) is 62.1 Å². The van der Waals surface area contributed by atoms with Gasteiger partial charge in [0.2, 0.25) is 0 Å². The minimum absolute atomic E-state index is 0.462. The molecule has 29 heavy (non-hydrogen) atoms. The van der Waals surface area contributed by atoms with Crippen LogP contribution >= 0.6 is 0 Å². The Morgan fingerprint density at radius 3 is 2.62 bits per heavy atom. The lowest BCUT2D eigenvalue weighted by atomic mass is 10.1. The molecule has 0 aliphatic carbocycles. The predicted molar refractivity (Wildman–Crippen MR) is 114 cm³/mol. The van der Waals surface area contributed by atoms with E-state index in [9.17, 15) is 0 Å². The van der Waals surface area contributed by atoms with Crippen LogP contribution in [0.25, 0.3) is 17.0 Å². The number of anilines is 2. The molecule has 0 amide bonds. The number of hydrogen-bond acceptors (Lipinski definition) is 5. The molecule has 2 heterocycles. The summed E-state index contributed by atoms with van der Waals surface area (Å²) < 4.78 is 13.3. The van der Waals surface area contributed by atoms with E-state index < -0.39 is 0 Å². The molecule has 1 N–H and O–H groups in total. The SMILES string of the molecule is CCOCc1ccc(C)c(Nc2ncc(-c3ccc(-n4cc(C)cn4)cc3)o2)c1. The van der Waals surface area contributed by atoms with E-state index in [1.165, 1.54) is 0 Å².